The summed E-state index contributed by atoms with van der Waals surface area (Å²) in [5, 5.41) is 13.4. The molecule has 5 nitrogen and oxygen atoms in total. The first kappa shape index (κ1) is 18.5. The van der Waals surface area contributed by atoms with Crippen molar-refractivity contribution in [3.63, 3.8) is 0 Å². The maximum absolute atomic E-state index is 12.6. The van der Waals surface area contributed by atoms with E-state index < -0.39 is 0 Å². The molecule has 0 aliphatic rings. The van der Waals surface area contributed by atoms with Gasteiger partial charge in [0.25, 0.3) is 0 Å². The number of amides is 1. The van der Waals surface area contributed by atoms with Gasteiger partial charge in [0.05, 0.1) is 17.1 Å². The Morgan fingerprint density at radius 2 is 1.68 bits per heavy atom. The maximum atomic E-state index is 12.6. The monoisotopic (exact) mass is 406 g/mol. The molecule has 28 heavy (non-hydrogen) atoms. The van der Waals surface area contributed by atoms with E-state index in [0.717, 1.165) is 31.7 Å². The van der Waals surface area contributed by atoms with Gasteiger partial charge in [-0.1, -0.05) is 71.5 Å². The highest BCUT2D eigenvalue weighted by atomic mass is 32.1. The van der Waals surface area contributed by atoms with E-state index in [4.69, 9.17) is 0 Å². The molecule has 2 aromatic carbocycles. The van der Waals surface area contributed by atoms with E-state index in [1.54, 1.807) is 11.3 Å². The Labute approximate surface area is 171 Å². The summed E-state index contributed by atoms with van der Waals surface area (Å²) in [7, 11) is 0. The zero-order chi connectivity index (χ0) is 19.5. The molecule has 0 aliphatic heterocycles. The Balaban J connectivity index is 1.49. The summed E-state index contributed by atoms with van der Waals surface area (Å²) in [6, 6.07) is 18.0. The summed E-state index contributed by atoms with van der Waals surface area (Å²) in [6.07, 6.45) is 0.259. The number of anilines is 1. The molecule has 140 valence electrons. The molecule has 4 rings (SSSR count). The van der Waals surface area contributed by atoms with Crippen LogP contribution in [0.15, 0.2) is 54.6 Å². The van der Waals surface area contributed by atoms with E-state index in [9.17, 15) is 4.79 Å². The number of thiazole rings is 1. The van der Waals surface area contributed by atoms with Gasteiger partial charge < -0.3 is 5.32 Å². The van der Waals surface area contributed by atoms with Crippen molar-refractivity contribution in [2.75, 3.05) is 5.32 Å². The first-order valence-electron chi connectivity index (χ1n) is 8.80. The highest BCUT2D eigenvalue weighted by molar-refractivity contribution is 7.18. The average molecular weight is 407 g/mol. The van der Waals surface area contributed by atoms with Crippen molar-refractivity contribution in [3.05, 3.63) is 70.0 Å². The molecule has 0 atom stereocenters. The van der Waals surface area contributed by atoms with Crippen molar-refractivity contribution in [2.45, 2.75) is 20.3 Å². The van der Waals surface area contributed by atoms with E-state index in [2.05, 4.69) is 39.6 Å². The van der Waals surface area contributed by atoms with Crippen molar-refractivity contribution in [2.24, 2.45) is 0 Å². The third-order valence-corrected chi connectivity index (χ3v) is 6.00. The predicted molar refractivity (Wildman–Crippen MR) is 115 cm³/mol. The Morgan fingerprint density at radius 3 is 2.43 bits per heavy atom. The van der Waals surface area contributed by atoms with Crippen LogP contribution in [0.25, 0.3) is 21.8 Å². The highest BCUT2D eigenvalue weighted by Gasteiger charge is 2.16. The Hall–Kier alpha value is -2.90. The molecule has 4 aromatic rings. The molecule has 0 saturated heterocycles. The second-order valence-corrected chi connectivity index (χ2v) is 8.64. The summed E-state index contributed by atoms with van der Waals surface area (Å²) in [6.45, 7) is 4.01. The van der Waals surface area contributed by atoms with E-state index in [1.165, 1.54) is 16.9 Å². The number of hydrogen-bond donors (Lipinski definition) is 1. The number of benzene rings is 2. The number of nitrogens with one attached hydrogen (secondary N) is 1. The van der Waals surface area contributed by atoms with E-state index in [-0.39, 0.29) is 12.3 Å². The quantitative estimate of drug-likeness (QED) is 0.499. The molecule has 1 amide bonds. The predicted octanol–water partition coefficient (Wildman–Crippen LogP) is 5.13. The molecule has 2 heterocycles. The molecular formula is C21H18N4OS2. The third kappa shape index (κ3) is 4.16. The Bertz CT molecular complexity index is 1100. The van der Waals surface area contributed by atoms with Crippen molar-refractivity contribution >= 4 is 33.7 Å². The summed E-state index contributed by atoms with van der Waals surface area (Å²) in [5.74, 6) is -0.118. The van der Waals surface area contributed by atoms with Gasteiger partial charge in [0, 0.05) is 16.0 Å². The number of aryl methyl sites for hydroxylation is 2. The first-order valence-corrected chi connectivity index (χ1v) is 10.4. The lowest BCUT2D eigenvalue weighted by molar-refractivity contribution is -0.115. The SMILES string of the molecule is Cc1ccc(-c2nc(C)sc2CC(=O)Nc2nnc(-c3ccccc3)s2)cc1. The second-order valence-electron chi connectivity index (χ2n) is 6.37. The minimum Gasteiger partial charge on any atom is -0.300 e. The molecule has 0 aliphatic carbocycles. The van der Waals surface area contributed by atoms with Crippen LogP contribution in [-0.4, -0.2) is 21.1 Å². The maximum Gasteiger partial charge on any atom is 0.231 e. The fraction of sp³-hybridized carbons (Fsp3) is 0.143. The van der Waals surface area contributed by atoms with Gasteiger partial charge in [-0.15, -0.1) is 21.5 Å². The third-order valence-electron chi connectivity index (χ3n) is 4.14. The lowest BCUT2D eigenvalue weighted by atomic mass is 10.1. The summed E-state index contributed by atoms with van der Waals surface area (Å²) in [4.78, 5) is 18.2. The van der Waals surface area contributed by atoms with Crippen molar-refractivity contribution in [3.8, 4) is 21.8 Å². The van der Waals surface area contributed by atoms with Crippen LogP contribution < -0.4 is 5.32 Å². The lowest BCUT2D eigenvalue weighted by Gasteiger charge is -2.03. The molecular weight excluding hydrogens is 388 g/mol. The fourth-order valence-corrected chi connectivity index (χ4v) is 4.53. The van der Waals surface area contributed by atoms with Gasteiger partial charge in [0.15, 0.2) is 0 Å². The van der Waals surface area contributed by atoms with Crippen LogP contribution in [0.2, 0.25) is 0 Å². The normalized spacial score (nSPS) is 10.8. The van der Waals surface area contributed by atoms with E-state index in [0.29, 0.717) is 5.13 Å². The van der Waals surface area contributed by atoms with Gasteiger partial charge in [0.1, 0.15) is 5.01 Å². The Kier molecular flexibility index (Phi) is 5.27. The van der Waals surface area contributed by atoms with Crippen LogP contribution in [0.4, 0.5) is 5.13 Å². The molecule has 1 N–H and O–H groups in total. The van der Waals surface area contributed by atoms with Gasteiger partial charge >= 0.3 is 0 Å². The van der Waals surface area contributed by atoms with Gasteiger partial charge in [-0.3, -0.25) is 4.79 Å². The zero-order valence-corrected chi connectivity index (χ0v) is 17.1. The molecule has 2 aromatic heterocycles. The minimum atomic E-state index is -0.118. The first-order chi connectivity index (χ1) is 13.6. The number of nitrogens with zero attached hydrogens (tertiary/aromatic N) is 3. The van der Waals surface area contributed by atoms with Crippen LogP contribution >= 0.6 is 22.7 Å². The molecule has 0 saturated carbocycles. The lowest BCUT2D eigenvalue weighted by Crippen LogP contribution is -2.14. The van der Waals surface area contributed by atoms with Crippen LogP contribution in [0.5, 0.6) is 0 Å². The smallest absolute Gasteiger partial charge is 0.231 e. The van der Waals surface area contributed by atoms with Gasteiger partial charge in [-0.2, -0.15) is 0 Å². The molecule has 0 bridgehead atoms. The minimum absolute atomic E-state index is 0.118. The van der Waals surface area contributed by atoms with Crippen LogP contribution in [-0.2, 0) is 11.2 Å². The second kappa shape index (κ2) is 8.00. The molecule has 0 unspecified atom stereocenters. The van der Waals surface area contributed by atoms with E-state index >= 15 is 0 Å². The van der Waals surface area contributed by atoms with Gasteiger partial charge in [-0.25, -0.2) is 4.98 Å². The average Bonchev–Trinajstić information content (AvgIpc) is 3.29. The number of aromatic nitrogens is 3. The topological polar surface area (TPSA) is 67.8 Å². The number of hydrogen-bond acceptors (Lipinski definition) is 6. The van der Waals surface area contributed by atoms with Crippen LogP contribution in [0, 0.1) is 13.8 Å². The highest BCUT2D eigenvalue weighted by Crippen LogP contribution is 2.30. The van der Waals surface area contributed by atoms with Gasteiger partial charge in [-0.05, 0) is 13.8 Å². The molecule has 7 heteroatoms. The number of rotatable bonds is 5. The number of carbonyl (C=O) groups excluding carboxylic acids is 1. The summed E-state index contributed by atoms with van der Waals surface area (Å²) in [5.41, 5.74) is 4.08. The standard InChI is InChI=1S/C21H18N4OS2/c1-13-8-10-15(11-9-13)19-17(27-14(2)22-19)12-18(26)23-21-25-24-20(28-21)16-6-4-3-5-7-16/h3-11H,12H2,1-2H3,(H,23,25,26). The van der Waals surface area contributed by atoms with Crippen LogP contribution in [0.3, 0.4) is 0 Å². The molecule has 0 fully saturated rings. The fourth-order valence-electron chi connectivity index (χ4n) is 2.81. The van der Waals surface area contributed by atoms with E-state index in [1.807, 2.05) is 49.4 Å². The summed E-state index contributed by atoms with van der Waals surface area (Å²) >= 11 is 2.92. The van der Waals surface area contributed by atoms with Crippen molar-refractivity contribution in [1.82, 2.24) is 15.2 Å². The van der Waals surface area contributed by atoms with Gasteiger partial charge in [0.2, 0.25) is 11.0 Å². The molecule has 0 radical (unpaired) electrons. The Morgan fingerprint density at radius 1 is 0.929 bits per heavy atom. The zero-order valence-electron chi connectivity index (χ0n) is 15.5. The van der Waals surface area contributed by atoms with Crippen LogP contribution in [0.1, 0.15) is 15.4 Å². The largest absolute Gasteiger partial charge is 0.300 e. The summed E-state index contributed by atoms with van der Waals surface area (Å²) < 4.78 is 0. The van der Waals surface area contributed by atoms with Crippen molar-refractivity contribution in [1.29, 1.82) is 0 Å². The molecule has 0 spiro atoms. The number of carbonyl (C=O) groups is 1. The van der Waals surface area contributed by atoms with Crippen molar-refractivity contribution < 1.29 is 4.79 Å².